The molecule has 0 amide bonds. The number of aromatic nitrogens is 2. The Kier molecular flexibility index (Phi) is 4.20. The van der Waals surface area contributed by atoms with Crippen molar-refractivity contribution in [1.29, 1.82) is 0 Å². The molecule has 7 heteroatoms. The number of carbonyl (C=O) groups is 1. The molecule has 1 aromatic carbocycles. The van der Waals surface area contributed by atoms with Crippen LogP contribution in [0.4, 0.5) is 0 Å². The summed E-state index contributed by atoms with van der Waals surface area (Å²) in [5.74, 6) is 0.513. The third-order valence-electron chi connectivity index (χ3n) is 3.86. The highest BCUT2D eigenvalue weighted by Crippen LogP contribution is 2.34. The second-order valence-corrected chi connectivity index (χ2v) is 5.52. The van der Waals surface area contributed by atoms with Crippen molar-refractivity contribution in [2.24, 2.45) is 7.05 Å². The summed E-state index contributed by atoms with van der Waals surface area (Å²) in [6.45, 7) is 0.943. The number of carboxylic acids is 1. The molecule has 0 bridgehead atoms. The number of methoxy groups -OCH3 is 1. The molecule has 1 aromatic heterocycles. The number of nitrogens with one attached hydrogen (secondary N) is 1. The van der Waals surface area contributed by atoms with Gasteiger partial charge in [0.15, 0.2) is 17.2 Å². The zero-order valence-electron chi connectivity index (χ0n) is 13.1. The Morgan fingerprint density at radius 3 is 3.13 bits per heavy atom. The van der Waals surface area contributed by atoms with Gasteiger partial charge in [0.2, 0.25) is 0 Å². The molecule has 2 heterocycles. The second kappa shape index (κ2) is 6.29. The third-order valence-corrected chi connectivity index (χ3v) is 3.86. The fraction of sp³-hybridized carbons (Fsp3) is 0.375. The zero-order valence-corrected chi connectivity index (χ0v) is 13.1. The van der Waals surface area contributed by atoms with E-state index >= 15 is 0 Å². The van der Waals surface area contributed by atoms with E-state index in [4.69, 9.17) is 14.6 Å². The molecule has 3 rings (SSSR count). The predicted octanol–water partition coefficient (Wildman–Crippen LogP) is 1.22. The average Bonchev–Trinajstić information content (AvgIpc) is 2.93. The van der Waals surface area contributed by atoms with Crippen molar-refractivity contribution in [3.63, 3.8) is 0 Å². The van der Waals surface area contributed by atoms with Crippen LogP contribution in [0.2, 0.25) is 0 Å². The van der Waals surface area contributed by atoms with E-state index in [1.54, 1.807) is 20.4 Å². The van der Waals surface area contributed by atoms with Crippen LogP contribution in [-0.2, 0) is 20.0 Å². The summed E-state index contributed by atoms with van der Waals surface area (Å²) in [4.78, 5) is 11.2. The van der Waals surface area contributed by atoms with Gasteiger partial charge in [-0.3, -0.25) is 4.68 Å². The van der Waals surface area contributed by atoms with Gasteiger partial charge in [0, 0.05) is 31.4 Å². The Bertz CT molecular complexity index is 726. The molecule has 1 aliphatic rings. The number of aryl methyl sites for hydroxylation is 1. The predicted molar refractivity (Wildman–Crippen MR) is 83.0 cm³/mol. The van der Waals surface area contributed by atoms with Gasteiger partial charge >= 0.3 is 5.97 Å². The van der Waals surface area contributed by atoms with Crippen LogP contribution in [0.3, 0.4) is 0 Å². The number of hydrogen-bond acceptors (Lipinski definition) is 5. The Morgan fingerprint density at radius 2 is 2.39 bits per heavy atom. The Morgan fingerprint density at radius 1 is 1.57 bits per heavy atom. The van der Waals surface area contributed by atoms with Crippen LogP contribution in [0, 0.1) is 0 Å². The molecule has 1 atom stereocenters. The number of nitrogens with zero attached hydrogens (tertiary/aromatic N) is 2. The Hall–Kier alpha value is -2.54. The summed E-state index contributed by atoms with van der Waals surface area (Å²) in [6, 6.07) is 5.93. The minimum absolute atomic E-state index is 0.0822. The van der Waals surface area contributed by atoms with Gasteiger partial charge in [-0.2, -0.15) is 5.10 Å². The van der Waals surface area contributed by atoms with Gasteiger partial charge < -0.3 is 19.9 Å². The smallest absolute Gasteiger partial charge is 0.356 e. The fourth-order valence-corrected chi connectivity index (χ4v) is 2.79. The second-order valence-electron chi connectivity index (χ2n) is 5.52. The minimum Gasteiger partial charge on any atom is -0.493 e. The van der Waals surface area contributed by atoms with E-state index in [9.17, 15) is 4.79 Å². The Balaban J connectivity index is 1.68. The van der Waals surface area contributed by atoms with Crippen molar-refractivity contribution in [2.45, 2.75) is 19.0 Å². The van der Waals surface area contributed by atoms with Gasteiger partial charge in [0.1, 0.15) is 6.61 Å². The first-order chi connectivity index (χ1) is 11.1. The zero-order chi connectivity index (χ0) is 16.4. The van der Waals surface area contributed by atoms with E-state index in [1.807, 2.05) is 18.2 Å². The highest BCUT2D eigenvalue weighted by molar-refractivity contribution is 5.86. The standard InChI is InChI=1S/C16H19N3O4/c1-19-8-11(14(18-19)16(20)21)7-17-12-6-10-4-3-5-13(22-2)15(10)23-9-12/h3-5,8,12,17H,6-7,9H2,1-2H3,(H,20,21). The molecule has 2 N–H and O–H groups in total. The summed E-state index contributed by atoms with van der Waals surface area (Å²) in [5.41, 5.74) is 1.83. The topological polar surface area (TPSA) is 85.6 Å². The number of aromatic carboxylic acids is 1. The van der Waals surface area contributed by atoms with Crippen LogP contribution in [0.15, 0.2) is 24.4 Å². The molecule has 122 valence electrons. The minimum atomic E-state index is -1.02. The lowest BCUT2D eigenvalue weighted by molar-refractivity contribution is 0.0688. The molecule has 23 heavy (non-hydrogen) atoms. The van der Waals surface area contributed by atoms with Crippen LogP contribution in [-0.4, -0.2) is 40.6 Å². The number of fused-ring (bicyclic) bond motifs is 1. The van der Waals surface area contributed by atoms with E-state index in [0.717, 1.165) is 23.5 Å². The first-order valence-corrected chi connectivity index (χ1v) is 7.36. The molecule has 0 saturated heterocycles. The summed E-state index contributed by atoms with van der Waals surface area (Å²) in [6.07, 6.45) is 2.52. The normalized spacial score (nSPS) is 16.5. The number of carboxylic acid groups (broad SMARTS) is 1. The van der Waals surface area contributed by atoms with Crippen LogP contribution in [0.25, 0.3) is 0 Å². The SMILES string of the molecule is COc1cccc2c1OCC(NCc1cn(C)nc1C(=O)O)C2. The fourth-order valence-electron chi connectivity index (χ4n) is 2.79. The van der Waals surface area contributed by atoms with Crippen LogP contribution in [0.5, 0.6) is 11.5 Å². The van der Waals surface area contributed by atoms with Gasteiger partial charge in [-0.05, 0) is 18.1 Å². The highest BCUT2D eigenvalue weighted by Gasteiger charge is 2.23. The molecule has 1 aliphatic heterocycles. The van der Waals surface area contributed by atoms with E-state index in [2.05, 4.69) is 10.4 Å². The van der Waals surface area contributed by atoms with E-state index < -0.39 is 5.97 Å². The third kappa shape index (κ3) is 3.14. The van der Waals surface area contributed by atoms with Crippen LogP contribution in [0.1, 0.15) is 21.6 Å². The lowest BCUT2D eigenvalue weighted by Gasteiger charge is -2.27. The van der Waals surface area contributed by atoms with Gasteiger partial charge in [-0.15, -0.1) is 0 Å². The number of rotatable bonds is 5. The van der Waals surface area contributed by atoms with Crippen molar-refractivity contribution >= 4 is 5.97 Å². The van der Waals surface area contributed by atoms with Crippen LogP contribution < -0.4 is 14.8 Å². The summed E-state index contributed by atoms with van der Waals surface area (Å²) >= 11 is 0. The van der Waals surface area contributed by atoms with Crippen molar-refractivity contribution in [3.8, 4) is 11.5 Å². The largest absolute Gasteiger partial charge is 0.493 e. The first-order valence-electron chi connectivity index (χ1n) is 7.36. The molecule has 0 spiro atoms. The van der Waals surface area contributed by atoms with Gasteiger partial charge in [0.25, 0.3) is 0 Å². The Labute approximate surface area is 133 Å². The molecule has 0 fully saturated rings. The molecule has 0 saturated carbocycles. The maximum Gasteiger partial charge on any atom is 0.356 e. The van der Waals surface area contributed by atoms with E-state index in [1.165, 1.54) is 4.68 Å². The van der Waals surface area contributed by atoms with Crippen molar-refractivity contribution < 1.29 is 19.4 Å². The number of benzene rings is 1. The highest BCUT2D eigenvalue weighted by atomic mass is 16.5. The number of hydrogen-bond donors (Lipinski definition) is 2. The average molecular weight is 317 g/mol. The van der Waals surface area contributed by atoms with Crippen LogP contribution >= 0.6 is 0 Å². The van der Waals surface area contributed by atoms with Crippen molar-refractivity contribution in [2.75, 3.05) is 13.7 Å². The summed E-state index contributed by atoms with van der Waals surface area (Å²) in [5, 5.41) is 16.5. The first kappa shape index (κ1) is 15.4. The summed E-state index contributed by atoms with van der Waals surface area (Å²) in [7, 11) is 3.33. The molecular formula is C16H19N3O4. The number of ether oxygens (including phenoxy) is 2. The molecule has 0 radical (unpaired) electrons. The lowest BCUT2D eigenvalue weighted by atomic mass is 10.0. The number of para-hydroxylation sites is 1. The van der Waals surface area contributed by atoms with Gasteiger partial charge in [-0.1, -0.05) is 12.1 Å². The maximum absolute atomic E-state index is 11.2. The molecule has 2 aromatic rings. The molecule has 7 nitrogen and oxygen atoms in total. The molecule has 1 unspecified atom stereocenters. The van der Waals surface area contributed by atoms with E-state index in [-0.39, 0.29) is 11.7 Å². The van der Waals surface area contributed by atoms with Crippen molar-refractivity contribution in [1.82, 2.24) is 15.1 Å². The van der Waals surface area contributed by atoms with Crippen molar-refractivity contribution in [3.05, 3.63) is 41.2 Å². The lowest BCUT2D eigenvalue weighted by Crippen LogP contribution is -2.39. The quantitative estimate of drug-likeness (QED) is 0.862. The van der Waals surface area contributed by atoms with Gasteiger partial charge in [-0.25, -0.2) is 4.79 Å². The summed E-state index contributed by atoms with van der Waals surface area (Å²) < 4.78 is 12.6. The van der Waals surface area contributed by atoms with E-state index in [0.29, 0.717) is 18.7 Å². The molecule has 0 aliphatic carbocycles. The maximum atomic E-state index is 11.2. The van der Waals surface area contributed by atoms with Gasteiger partial charge in [0.05, 0.1) is 7.11 Å². The molecular weight excluding hydrogens is 298 g/mol. The monoisotopic (exact) mass is 317 g/mol.